The van der Waals surface area contributed by atoms with E-state index in [1.54, 1.807) is 24.3 Å². The van der Waals surface area contributed by atoms with E-state index >= 15 is 0 Å². The van der Waals surface area contributed by atoms with Crippen LogP contribution in [0.5, 0.6) is 0 Å². The summed E-state index contributed by atoms with van der Waals surface area (Å²) in [6.45, 7) is 4.17. The Kier molecular flexibility index (Phi) is 8.68. The van der Waals surface area contributed by atoms with Crippen LogP contribution in [0.25, 0.3) is 0 Å². The number of rotatable bonds is 9. The molecule has 2 N–H and O–H groups in total. The van der Waals surface area contributed by atoms with Crippen molar-refractivity contribution in [1.29, 1.82) is 0 Å². The second kappa shape index (κ2) is 11.0. The van der Waals surface area contributed by atoms with Gasteiger partial charge in [0.1, 0.15) is 0 Å². The van der Waals surface area contributed by atoms with Gasteiger partial charge in [0, 0.05) is 19.6 Å². The van der Waals surface area contributed by atoms with Gasteiger partial charge < -0.3 is 10.6 Å². The van der Waals surface area contributed by atoms with Gasteiger partial charge in [-0.25, -0.2) is 8.42 Å². The van der Waals surface area contributed by atoms with E-state index in [4.69, 9.17) is 0 Å². The summed E-state index contributed by atoms with van der Waals surface area (Å²) in [4.78, 5) is 4.89. The Bertz CT molecular complexity index is 697. The summed E-state index contributed by atoms with van der Waals surface area (Å²) in [5.74, 6) is 0.883. The summed E-state index contributed by atoms with van der Waals surface area (Å²) in [5.41, 5.74) is 1.54. The van der Waals surface area contributed by atoms with E-state index in [0.29, 0.717) is 17.9 Å². The van der Waals surface area contributed by atoms with Crippen molar-refractivity contribution in [1.82, 2.24) is 10.6 Å². The normalized spacial score (nSPS) is 15.4. The maximum absolute atomic E-state index is 12.3. The van der Waals surface area contributed by atoms with Gasteiger partial charge in [0.25, 0.3) is 0 Å². The Morgan fingerprint density at radius 2 is 1.96 bits per heavy atom. The molecule has 0 fully saturated rings. The second-order valence-corrected chi connectivity index (χ2v) is 8.64. The molecule has 26 heavy (non-hydrogen) atoms. The Labute approximate surface area is 157 Å². The van der Waals surface area contributed by atoms with Crippen LogP contribution < -0.4 is 10.6 Å². The van der Waals surface area contributed by atoms with Gasteiger partial charge in [-0.3, -0.25) is 4.99 Å². The number of nitrogens with one attached hydrogen (secondary N) is 2. The Hall–Kier alpha value is -1.82. The van der Waals surface area contributed by atoms with Crippen LogP contribution in [0.2, 0.25) is 0 Å². The zero-order chi connectivity index (χ0) is 18.7. The third-order valence-corrected chi connectivity index (χ3v) is 6.23. The highest BCUT2D eigenvalue weighted by Gasteiger charge is 2.13. The predicted octanol–water partition coefficient (Wildman–Crippen LogP) is 3.30. The van der Waals surface area contributed by atoms with Gasteiger partial charge in [0.15, 0.2) is 15.8 Å². The fourth-order valence-electron chi connectivity index (χ4n) is 3.01. The first-order valence-electron chi connectivity index (χ1n) is 9.59. The van der Waals surface area contributed by atoms with Gasteiger partial charge in [0.05, 0.1) is 10.6 Å². The largest absolute Gasteiger partial charge is 0.357 e. The molecular formula is C20H31N3O2S. The lowest BCUT2D eigenvalue weighted by atomic mass is 9.97. The Balaban J connectivity index is 1.76. The molecule has 1 aliphatic carbocycles. The smallest absolute Gasteiger partial charge is 0.191 e. The van der Waals surface area contributed by atoms with Crippen LogP contribution in [0.4, 0.5) is 0 Å². The highest BCUT2D eigenvalue weighted by molar-refractivity contribution is 7.91. The molecule has 0 aliphatic heterocycles. The van der Waals surface area contributed by atoms with E-state index in [9.17, 15) is 8.42 Å². The standard InChI is InChI=1S/C20H31N3O2S/c1-2-21-20(23-16-14-18-10-5-3-6-11-18)22-15-9-17-26(24,25)19-12-7-4-8-13-19/h4,7-8,10,12-13H,2-3,5-6,9,11,14-17H2,1H3,(H2,21,22,23). The summed E-state index contributed by atoms with van der Waals surface area (Å²) in [5, 5.41) is 6.57. The molecule has 1 aromatic rings. The van der Waals surface area contributed by atoms with Gasteiger partial charge in [-0.1, -0.05) is 29.8 Å². The maximum atomic E-state index is 12.3. The highest BCUT2D eigenvalue weighted by Crippen LogP contribution is 2.19. The summed E-state index contributed by atoms with van der Waals surface area (Å²) in [7, 11) is -3.22. The van der Waals surface area contributed by atoms with Gasteiger partial charge in [0.2, 0.25) is 0 Å². The lowest BCUT2D eigenvalue weighted by molar-refractivity contribution is 0.593. The van der Waals surface area contributed by atoms with Crippen molar-refractivity contribution >= 4 is 15.8 Å². The molecule has 0 bridgehead atoms. The summed E-state index contributed by atoms with van der Waals surface area (Å²) >= 11 is 0. The fraction of sp³-hybridized carbons (Fsp3) is 0.550. The van der Waals surface area contributed by atoms with Crippen LogP contribution in [-0.2, 0) is 9.84 Å². The number of benzene rings is 1. The summed E-state index contributed by atoms with van der Waals surface area (Å²) < 4.78 is 24.5. The summed E-state index contributed by atoms with van der Waals surface area (Å²) in [6.07, 6.45) is 8.96. The first-order chi connectivity index (χ1) is 12.6. The molecule has 0 atom stereocenters. The molecule has 0 spiro atoms. The van der Waals surface area contributed by atoms with Gasteiger partial charge in [-0.15, -0.1) is 0 Å². The van der Waals surface area contributed by atoms with Crippen LogP contribution in [0.15, 0.2) is 51.9 Å². The van der Waals surface area contributed by atoms with Crippen LogP contribution in [0.3, 0.4) is 0 Å². The number of nitrogens with zero attached hydrogens (tertiary/aromatic N) is 1. The fourth-order valence-corrected chi connectivity index (χ4v) is 4.32. The third-order valence-electron chi connectivity index (χ3n) is 4.41. The SMILES string of the molecule is CCNC(=NCCCS(=O)(=O)c1ccccc1)NCCC1=CCCCC1. The Morgan fingerprint density at radius 3 is 2.65 bits per heavy atom. The molecule has 1 aliphatic rings. The van der Waals surface area contributed by atoms with Crippen LogP contribution in [0.1, 0.15) is 45.4 Å². The quantitative estimate of drug-likeness (QED) is 0.300. The van der Waals surface area contributed by atoms with Crippen molar-refractivity contribution in [3.05, 3.63) is 42.0 Å². The minimum atomic E-state index is -3.22. The molecule has 0 amide bonds. The molecule has 0 saturated carbocycles. The number of sulfone groups is 1. The zero-order valence-electron chi connectivity index (χ0n) is 15.7. The van der Waals surface area contributed by atoms with Crippen LogP contribution in [-0.4, -0.2) is 39.8 Å². The first-order valence-corrected chi connectivity index (χ1v) is 11.2. The van der Waals surface area contributed by atoms with E-state index in [0.717, 1.165) is 25.5 Å². The van der Waals surface area contributed by atoms with E-state index in [-0.39, 0.29) is 5.75 Å². The summed E-state index contributed by atoms with van der Waals surface area (Å²) in [6, 6.07) is 8.61. The average molecular weight is 378 g/mol. The lowest BCUT2D eigenvalue weighted by Crippen LogP contribution is -2.38. The van der Waals surface area contributed by atoms with Crippen LogP contribution >= 0.6 is 0 Å². The average Bonchev–Trinajstić information content (AvgIpc) is 2.67. The van der Waals surface area contributed by atoms with E-state index in [1.165, 1.54) is 31.3 Å². The first kappa shape index (κ1) is 20.5. The molecular weight excluding hydrogens is 346 g/mol. The van der Waals surface area contributed by atoms with E-state index < -0.39 is 9.84 Å². The van der Waals surface area contributed by atoms with Gasteiger partial charge in [-0.2, -0.15) is 0 Å². The lowest BCUT2D eigenvalue weighted by Gasteiger charge is -2.15. The zero-order valence-corrected chi connectivity index (χ0v) is 16.5. The molecule has 0 unspecified atom stereocenters. The minimum absolute atomic E-state index is 0.118. The van der Waals surface area contributed by atoms with Crippen molar-refractivity contribution in [2.75, 3.05) is 25.4 Å². The number of allylic oxidation sites excluding steroid dienone is 1. The number of aliphatic imine (C=N–C) groups is 1. The number of hydrogen-bond donors (Lipinski definition) is 2. The topological polar surface area (TPSA) is 70.6 Å². The molecule has 5 nitrogen and oxygen atoms in total. The van der Waals surface area contributed by atoms with Crippen LogP contribution in [0, 0.1) is 0 Å². The molecule has 1 aromatic carbocycles. The highest BCUT2D eigenvalue weighted by atomic mass is 32.2. The maximum Gasteiger partial charge on any atom is 0.191 e. The van der Waals surface area contributed by atoms with Crippen molar-refractivity contribution < 1.29 is 8.42 Å². The molecule has 2 rings (SSSR count). The Morgan fingerprint density at radius 1 is 1.15 bits per heavy atom. The molecule has 6 heteroatoms. The molecule has 0 radical (unpaired) electrons. The van der Waals surface area contributed by atoms with E-state index in [1.807, 2.05) is 13.0 Å². The van der Waals surface area contributed by atoms with Crippen molar-refractivity contribution in [2.24, 2.45) is 4.99 Å². The van der Waals surface area contributed by atoms with Crippen molar-refractivity contribution in [3.63, 3.8) is 0 Å². The van der Waals surface area contributed by atoms with Gasteiger partial charge in [-0.05, 0) is 57.6 Å². The van der Waals surface area contributed by atoms with Gasteiger partial charge >= 0.3 is 0 Å². The monoisotopic (exact) mass is 377 g/mol. The van der Waals surface area contributed by atoms with E-state index in [2.05, 4.69) is 21.7 Å². The third kappa shape index (κ3) is 7.20. The van der Waals surface area contributed by atoms with Crippen molar-refractivity contribution in [2.45, 2.75) is 50.3 Å². The molecule has 0 heterocycles. The van der Waals surface area contributed by atoms with Crippen molar-refractivity contribution in [3.8, 4) is 0 Å². The second-order valence-electron chi connectivity index (χ2n) is 6.53. The molecule has 144 valence electrons. The molecule has 0 aromatic heterocycles. The number of hydrogen-bond acceptors (Lipinski definition) is 3. The predicted molar refractivity (Wildman–Crippen MR) is 108 cm³/mol. The molecule has 0 saturated heterocycles. The minimum Gasteiger partial charge on any atom is -0.357 e. The number of guanidine groups is 1.